The third-order valence-corrected chi connectivity index (χ3v) is 5.69. The molecule has 8 nitrogen and oxygen atoms in total. The number of aromatic nitrogens is 3. The van der Waals surface area contributed by atoms with Gasteiger partial charge in [-0.2, -0.15) is 9.61 Å². The highest BCUT2D eigenvalue weighted by atomic mass is 19.1. The van der Waals surface area contributed by atoms with Gasteiger partial charge in [0.25, 0.3) is 0 Å². The van der Waals surface area contributed by atoms with Gasteiger partial charge >= 0.3 is 0 Å². The molecule has 1 saturated carbocycles. The van der Waals surface area contributed by atoms with E-state index in [4.69, 9.17) is 0 Å². The first-order valence-corrected chi connectivity index (χ1v) is 11.3. The Morgan fingerprint density at radius 3 is 2.33 bits per heavy atom. The van der Waals surface area contributed by atoms with Gasteiger partial charge in [-0.3, -0.25) is 9.59 Å². The van der Waals surface area contributed by atoms with E-state index >= 15 is 0 Å². The molecule has 33 heavy (non-hydrogen) atoms. The van der Waals surface area contributed by atoms with E-state index in [2.05, 4.69) is 25.6 Å². The molecule has 0 spiro atoms. The Morgan fingerprint density at radius 1 is 1.06 bits per heavy atom. The summed E-state index contributed by atoms with van der Waals surface area (Å²) in [6.07, 6.45) is 3.69. The van der Waals surface area contributed by atoms with E-state index in [9.17, 15) is 14.0 Å². The molecule has 0 radical (unpaired) electrons. The molecule has 1 saturated heterocycles. The molecule has 174 valence electrons. The lowest BCUT2D eigenvalue weighted by Gasteiger charge is -2.33. The highest BCUT2D eigenvalue weighted by molar-refractivity contribution is 5.93. The van der Waals surface area contributed by atoms with Crippen LogP contribution in [0.25, 0.3) is 5.65 Å². The lowest BCUT2D eigenvalue weighted by Crippen LogP contribution is -2.44. The molecule has 2 amide bonds. The van der Waals surface area contributed by atoms with Gasteiger partial charge in [0, 0.05) is 44.1 Å². The van der Waals surface area contributed by atoms with Gasteiger partial charge in [0.15, 0.2) is 5.65 Å². The fourth-order valence-corrected chi connectivity index (χ4v) is 3.89. The molecule has 0 atom stereocenters. The van der Waals surface area contributed by atoms with Crippen molar-refractivity contribution < 1.29 is 14.0 Å². The number of nitrogens with zero attached hydrogens (tertiary/aromatic N) is 4. The van der Waals surface area contributed by atoms with Gasteiger partial charge in [0.2, 0.25) is 11.8 Å². The van der Waals surface area contributed by atoms with Crippen LogP contribution < -0.4 is 15.5 Å². The lowest BCUT2D eigenvalue weighted by molar-refractivity contribution is -0.120. The van der Waals surface area contributed by atoms with Crippen LogP contribution >= 0.6 is 0 Å². The normalized spacial score (nSPS) is 16.2. The number of nitrogens with one attached hydrogen (secondary N) is 2. The summed E-state index contributed by atoms with van der Waals surface area (Å²) in [5, 5.41) is 10.5. The summed E-state index contributed by atoms with van der Waals surface area (Å²) in [5.74, 6) is 1.53. The Labute approximate surface area is 192 Å². The average molecular weight is 453 g/mol. The predicted octanol–water partition coefficient (Wildman–Crippen LogP) is 3.32. The second-order valence-electron chi connectivity index (χ2n) is 8.58. The summed E-state index contributed by atoms with van der Waals surface area (Å²) >= 11 is 0. The zero-order valence-electron chi connectivity index (χ0n) is 18.9. The fourth-order valence-electron chi connectivity index (χ4n) is 3.89. The maximum atomic E-state index is 12.1. The lowest BCUT2D eigenvalue weighted by atomic mass is 10.1. The Balaban J connectivity index is 0.000000318. The number of carbonyl (C=O) groups is 2. The number of amides is 2. The first-order chi connectivity index (χ1) is 15.9. The van der Waals surface area contributed by atoms with Crippen LogP contribution in [0.2, 0.25) is 0 Å². The number of aryl methyl sites for hydroxylation is 1. The zero-order valence-corrected chi connectivity index (χ0v) is 18.9. The van der Waals surface area contributed by atoms with Gasteiger partial charge in [-0.25, -0.2) is 9.37 Å². The van der Waals surface area contributed by atoms with Crippen molar-refractivity contribution in [1.29, 1.82) is 0 Å². The molecule has 2 aliphatic rings. The number of piperidine rings is 1. The van der Waals surface area contributed by atoms with Crippen LogP contribution in [0.4, 0.5) is 16.0 Å². The molecule has 0 unspecified atom stereocenters. The number of benzene rings is 1. The fraction of sp³-hybridized carbons (Fsp3) is 0.417. The van der Waals surface area contributed by atoms with E-state index < -0.39 is 0 Å². The maximum Gasteiger partial charge on any atom is 0.228 e. The quantitative estimate of drug-likeness (QED) is 0.634. The topological polar surface area (TPSA) is 91.6 Å². The van der Waals surface area contributed by atoms with E-state index in [1.54, 1.807) is 25.1 Å². The van der Waals surface area contributed by atoms with Gasteiger partial charge in [-0.15, -0.1) is 0 Å². The van der Waals surface area contributed by atoms with Crippen molar-refractivity contribution in [3.63, 3.8) is 0 Å². The highest BCUT2D eigenvalue weighted by Crippen LogP contribution is 2.31. The standard InChI is InChI=1S/C18H24N6O2.C6H5F/c1-11-9-16-20-15(21-18(26)13-3-4-13)10-17(24(16)22-11)23-7-5-14(6-8-23)19-12(2)25;7-6-4-2-1-3-5-6/h9-10,13-14H,3-8H2,1-2H3,(H,19,25)(H,20,21,26);1-5H. The van der Waals surface area contributed by atoms with E-state index in [-0.39, 0.29) is 29.6 Å². The van der Waals surface area contributed by atoms with Crippen molar-refractivity contribution in [1.82, 2.24) is 19.9 Å². The summed E-state index contributed by atoms with van der Waals surface area (Å²) in [6.45, 7) is 5.13. The number of halogens is 1. The first kappa shape index (κ1) is 22.7. The number of carbonyl (C=O) groups excluding carboxylic acids is 2. The third-order valence-electron chi connectivity index (χ3n) is 5.69. The van der Waals surface area contributed by atoms with Gasteiger partial charge < -0.3 is 15.5 Å². The third kappa shape index (κ3) is 6.06. The number of fused-ring (bicyclic) bond motifs is 1. The minimum Gasteiger partial charge on any atom is -0.356 e. The monoisotopic (exact) mass is 452 g/mol. The molecular formula is C24H29FN6O2. The highest BCUT2D eigenvalue weighted by Gasteiger charge is 2.30. The van der Waals surface area contributed by atoms with E-state index in [0.29, 0.717) is 5.82 Å². The van der Waals surface area contributed by atoms with E-state index in [0.717, 1.165) is 55.9 Å². The van der Waals surface area contributed by atoms with Crippen LogP contribution in [0.3, 0.4) is 0 Å². The van der Waals surface area contributed by atoms with Crippen molar-refractivity contribution >= 4 is 29.1 Å². The number of rotatable bonds is 4. The van der Waals surface area contributed by atoms with Crippen LogP contribution in [0.5, 0.6) is 0 Å². The van der Waals surface area contributed by atoms with E-state index in [1.807, 2.05) is 23.6 Å². The van der Waals surface area contributed by atoms with Crippen LogP contribution in [0.1, 0.15) is 38.3 Å². The first-order valence-electron chi connectivity index (χ1n) is 11.3. The largest absolute Gasteiger partial charge is 0.356 e. The molecule has 1 aromatic carbocycles. The van der Waals surface area contributed by atoms with Gasteiger partial charge in [0.1, 0.15) is 17.5 Å². The zero-order chi connectivity index (χ0) is 23.4. The Morgan fingerprint density at radius 2 is 1.76 bits per heavy atom. The number of hydrogen-bond donors (Lipinski definition) is 2. The molecule has 3 aromatic rings. The van der Waals surface area contributed by atoms with Crippen molar-refractivity contribution in [3.05, 3.63) is 54.0 Å². The van der Waals surface area contributed by atoms with Crippen molar-refractivity contribution in [2.45, 2.75) is 45.6 Å². The molecule has 1 aliphatic heterocycles. The van der Waals surface area contributed by atoms with Gasteiger partial charge in [0.05, 0.1) is 5.69 Å². The van der Waals surface area contributed by atoms with Crippen molar-refractivity contribution in [2.75, 3.05) is 23.3 Å². The maximum absolute atomic E-state index is 12.1. The van der Waals surface area contributed by atoms with Crippen molar-refractivity contribution in [2.24, 2.45) is 5.92 Å². The summed E-state index contributed by atoms with van der Waals surface area (Å²) in [6, 6.07) is 12.0. The predicted molar refractivity (Wildman–Crippen MR) is 125 cm³/mol. The van der Waals surface area contributed by atoms with Crippen LogP contribution in [0, 0.1) is 18.7 Å². The smallest absolute Gasteiger partial charge is 0.228 e. The minimum atomic E-state index is -0.178. The molecule has 0 bridgehead atoms. The number of hydrogen-bond acceptors (Lipinski definition) is 5. The van der Waals surface area contributed by atoms with Crippen molar-refractivity contribution in [3.8, 4) is 0 Å². The molecule has 2 aromatic heterocycles. The molecule has 9 heteroatoms. The SMILES string of the molecule is CC(=O)NC1CCN(c2cc(NC(=O)C3CC3)nc3cc(C)nn23)CC1.Fc1ccccc1. The molecule has 2 N–H and O–H groups in total. The van der Waals surface area contributed by atoms with Crippen LogP contribution in [0.15, 0.2) is 42.5 Å². The average Bonchev–Trinajstić information content (AvgIpc) is 3.56. The Hall–Kier alpha value is -3.49. The van der Waals surface area contributed by atoms with Crippen LogP contribution in [-0.4, -0.2) is 45.5 Å². The number of anilines is 2. The summed E-state index contributed by atoms with van der Waals surface area (Å²) in [4.78, 5) is 30.2. The summed E-state index contributed by atoms with van der Waals surface area (Å²) in [7, 11) is 0. The molecule has 2 fully saturated rings. The molecule has 5 rings (SSSR count). The minimum absolute atomic E-state index is 0.0162. The summed E-state index contributed by atoms with van der Waals surface area (Å²) < 4.78 is 13.7. The van der Waals surface area contributed by atoms with Gasteiger partial charge in [-0.05, 0) is 44.7 Å². The van der Waals surface area contributed by atoms with Gasteiger partial charge in [-0.1, -0.05) is 18.2 Å². The Kier molecular flexibility index (Phi) is 6.86. The molecular weight excluding hydrogens is 423 g/mol. The summed E-state index contributed by atoms with van der Waals surface area (Å²) in [5.41, 5.74) is 1.62. The molecule has 1 aliphatic carbocycles. The second-order valence-corrected chi connectivity index (χ2v) is 8.58. The molecule has 3 heterocycles. The van der Waals surface area contributed by atoms with Crippen LogP contribution in [-0.2, 0) is 9.59 Å². The Bertz CT molecular complexity index is 1120. The van der Waals surface area contributed by atoms with E-state index in [1.165, 1.54) is 12.1 Å². The second kappa shape index (κ2) is 9.97.